The van der Waals surface area contributed by atoms with Crippen LogP contribution in [0.1, 0.15) is 42.3 Å². The van der Waals surface area contributed by atoms with Gasteiger partial charge in [-0.25, -0.2) is 13.1 Å². The van der Waals surface area contributed by atoms with Crippen LogP contribution >= 0.6 is 0 Å². The molecule has 2 aromatic rings. The Morgan fingerprint density at radius 2 is 1.60 bits per heavy atom. The number of aryl methyl sites for hydroxylation is 1. The number of carbonyl (C=O) groups excluding carboxylic acids is 2. The van der Waals surface area contributed by atoms with Crippen molar-refractivity contribution in [1.82, 2.24) is 9.62 Å². The number of anilines is 1. The van der Waals surface area contributed by atoms with Crippen LogP contribution in [-0.2, 0) is 14.8 Å². The molecule has 0 saturated carbocycles. The third kappa shape index (κ3) is 6.14. The van der Waals surface area contributed by atoms with Gasteiger partial charge in [-0.05, 0) is 76.1 Å². The molecule has 30 heavy (non-hydrogen) atoms. The summed E-state index contributed by atoms with van der Waals surface area (Å²) in [5, 5.41) is 2.82. The van der Waals surface area contributed by atoms with Crippen LogP contribution in [0.25, 0.3) is 0 Å². The lowest BCUT2D eigenvalue weighted by atomic mass is 10.1. The van der Waals surface area contributed by atoms with Gasteiger partial charge in [0.15, 0.2) is 0 Å². The number of nitrogens with zero attached hydrogens (tertiary/aromatic N) is 1. The van der Waals surface area contributed by atoms with E-state index in [9.17, 15) is 18.0 Å². The van der Waals surface area contributed by atoms with E-state index >= 15 is 0 Å². The lowest BCUT2D eigenvalue weighted by molar-refractivity contribution is -0.116. The Bertz CT molecular complexity index is 1040. The van der Waals surface area contributed by atoms with Crippen LogP contribution in [0.15, 0.2) is 47.4 Å². The summed E-state index contributed by atoms with van der Waals surface area (Å²) in [5.41, 5.74) is 2.43. The molecular formula is C22H29N3O4S. The summed E-state index contributed by atoms with van der Waals surface area (Å²) >= 11 is 0. The summed E-state index contributed by atoms with van der Waals surface area (Å²) < 4.78 is 27.3. The van der Waals surface area contributed by atoms with E-state index in [1.807, 2.05) is 32.0 Å². The molecule has 0 aliphatic heterocycles. The second-order valence-electron chi connectivity index (χ2n) is 8.34. The normalized spacial score (nSPS) is 11.8. The Hall–Kier alpha value is -2.71. The molecule has 0 heterocycles. The average Bonchev–Trinajstić information content (AvgIpc) is 2.63. The van der Waals surface area contributed by atoms with E-state index in [4.69, 9.17) is 0 Å². The second kappa shape index (κ2) is 8.97. The molecule has 8 heteroatoms. The molecule has 0 radical (unpaired) electrons. The van der Waals surface area contributed by atoms with Gasteiger partial charge in [-0.2, -0.15) is 0 Å². The van der Waals surface area contributed by atoms with Crippen LogP contribution < -0.4 is 10.0 Å². The molecule has 2 N–H and O–H groups in total. The molecule has 0 bridgehead atoms. The maximum atomic E-state index is 12.6. The van der Waals surface area contributed by atoms with Crippen molar-refractivity contribution in [3.63, 3.8) is 0 Å². The first-order chi connectivity index (χ1) is 13.8. The van der Waals surface area contributed by atoms with Crippen molar-refractivity contribution in [2.24, 2.45) is 0 Å². The Kier molecular flexibility index (Phi) is 7.05. The van der Waals surface area contributed by atoms with Gasteiger partial charge in [-0.3, -0.25) is 9.59 Å². The smallest absolute Gasteiger partial charge is 0.254 e. The molecule has 0 aliphatic carbocycles. The van der Waals surface area contributed by atoms with Crippen LogP contribution in [-0.4, -0.2) is 44.3 Å². The number of rotatable bonds is 6. The third-order valence-corrected chi connectivity index (χ3v) is 6.23. The summed E-state index contributed by atoms with van der Waals surface area (Å²) in [4.78, 5) is 26.3. The first-order valence-electron chi connectivity index (χ1n) is 9.56. The first-order valence-corrected chi connectivity index (χ1v) is 11.0. The fraction of sp³-hybridized carbons (Fsp3) is 0.364. The largest absolute Gasteiger partial charge is 0.332 e. The van der Waals surface area contributed by atoms with Gasteiger partial charge in [0.2, 0.25) is 15.9 Å². The molecule has 0 saturated heterocycles. The molecule has 0 aromatic heterocycles. The van der Waals surface area contributed by atoms with Gasteiger partial charge in [0.25, 0.3) is 5.91 Å². The van der Waals surface area contributed by atoms with E-state index in [0.29, 0.717) is 11.3 Å². The summed E-state index contributed by atoms with van der Waals surface area (Å²) in [6, 6.07) is 11.3. The van der Waals surface area contributed by atoms with Crippen molar-refractivity contribution < 1.29 is 18.0 Å². The maximum Gasteiger partial charge on any atom is 0.254 e. The first kappa shape index (κ1) is 23.6. The molecule has 0 atom stereocenters. The minimum atomic E-state index is -3.68. The van der Waals surface area contributed by atoms with Gasteiger partial charge in [0, 0.05) is 23.8 Å². The zero-order valence-electron chi connectivity index (χ0n) is 18.2. The molecule has 162 valence electrons. The van der Waals surface area contributed by atoms with E-state index in [2.05, 4.69) is 10.0 Å². The SMILES string of the molecule is Cc1cccc(NC(=O)CN(C)C(=O)c2ccc(S(=O)(=O)NC(C)(C)C)cc2)c1C. The van der Waals surface area contributed by atoms with Gasteiger partial charge in [-0.1, -0.05) is 12.1 Å². The van der Waals surface area contributed by atoms with Crippen LogP contribution in [0, 0.1) is 13.8 Å². The topological polar surface area (TPSA) is 95.6 Å². The fourth-order valence-corrected chi connectivity index (χ4v) is 4.24. The molecule has 0 aliphatic rings. The summed E-state index contributed by atoms with van der Waals surface area (Å²) in [5.74, 6) is -0.688. The van der Waals surface area contributed by atoms with Gasteiger partial charge in [0.1, 0.15) is 0 Å². The number of hydrogen-bond acceptors (Lipinski definition) is 4. The Morgan fingerprint density at radius 1 is 1.00 bits per heavy atom. The molecule has 0 fully saturated rings. The van der Waals surface area contributed by atoms with Crippen molar-refractivity contribution in [1.29, 1.82) is 0 Å². The van der Waals surface area contributed by atoms with Crippen molar-refractivity contribution >= 4 is 27.5 Å². The van der Waals surface area contributed by atoms with Gasteiger partial charge in [0.05, 0.1) is 11.4 Å². The number of sulfonamides is 1. The quantitative estimate of drug-likeness (QED) is 0.735. The molecule has 7 nitrogen and oxygen atoms in total. The van der Waals surface area contributed by atoms with Crippen molar-refractivity contribution in [3.05, 3.63) is 59.2 Å². The predicted octanol–water partition coefficient (Wildman–Crippen LogP) is 3.09. The minimum absolute atomic E-state index is 0.0734. The zero-order chi connectivity index (χ0) is 22.7. The Morgan fingerprint density at radius 3 is 2.17 bits per heavy atom. The van der Waals surface area contributed by atoms with E-state index in [1.54, 1.807) is 20.8 Å². The third-order valence-electron chi connectivity index (χ3n) is 4.46. The van der Waals surface area contributed by atoms with Crippen LogP contribution in [0.5, 0.6) is 0 Å². The maximum absolute atomic E-state index is 12.6. The van der Waals surface area contributed by atoms with Gasteiger partial charge < -0.3 is 10.2 Å². The van der Waals surface area contributed by atoms with Crippen LogP contribution in [0.4, 0.5) is 5.69 Å². The fourth-order valence-electron chi connectivity index (χ4n) is 2.82. The summed E-state index contributed by atoms with van der Waals surface area (Å²) in [7, 11) is -2.16. The summed E-state index contributed by atoms with van der Waals surface area (Å²) in [6.45, 7) is 9.01. The highest BCUT2D eigenvalue weighted by molar-refractivity contribution is 7.89. The molecule has 2 aromatic carbocycles. The highest BCUT2D eigenvalue weighted by Crippen LogP contribution is 2.18. The predicted molar refractivity (Wildman–Crippen MR) is 118 cm³/mol. The zero-order valence-corrected chi connectivity index (χ0v) is 19.1. The monoisotopic (exact) mass is 431 g/mol. The lowest BCUT2D eigenvalue weighted by Gasteiger charge is -2.20. The van der Waals surface area contributed by atoms with Crippen molar-refractivity contribution in [2.75, 3.05) is 18.9 Å². The molecule has 0 unspecified atom stereocenters. The highest BCUT2D eigenvalue weighted by atomic mass is 32.2. The van der Waals surface area contributed by atoms with Crippen molar-refractivity contribution in [2.45, 2.75) is 45.1 Å². The number of likely N-dealkylation sites (N-methyl/N-ethyl adjacent to an activating group) is 1. The van der Waals surface area contributed by atoms with E-state index in [1.165, 1.54) is 36.2 Å². The van der Waals surface area contributed by atoms with Crippen molar-refractivity contribution in [3.8, 4) is 0 Å². The number of carbonyl (C=O) groups is 2. The average molecular weight is 432 g/mol. The second-order valence-corrected chi connectivity index (χ2v) is 10.0. The minimum Gasteiger partial charge on any atom is -0.332 e. The lowest BCUT2D eigenvalue weighted by Crippen LogP contribution is -2.40. The number of nitrogens with one attached hydrogen (secondary N) is 2. The molecule has 2 rings (SSSR count). The number of hydrogen-bond donors (Lipinski definition) is 2. The van der Waals surface area contributed by atoms with Crippen LogP contribution in [0.3, 0.4) is 0 Å². The number of amides is 2. The standard InChI is InChI=1S/C22H29N3O4S/c1-15-8-7-9-19(16(15)2)23-20(26)14-25(6)21(27)17-10-12-18(13-11-17)30(28,29)24-22(3,4)5/h7-13,24H,14H2,1-6H3,(H,23,26). The molecular weight excluding hydrogens is 402 g/mol. The number of benzene rings is 2. The molecule has 2 amide bonds. The van der Waals surface area contributed by atoms with Gasteiger partial charge in [-0.15, -0.1) is 0 Å². The highest BCUT2D eigenvalue weighted by Gasteiger charge is 2.23. The summed E-state index contributed by atoms with van der Waals surface area (Å²) in [6.07, 6.45) is 0. The van der Waals surface area contributed by atoms with Crippen LogP contribution in [0.2, 0.25) is 0 Å². The molecule has 0 spiro atoms. The van der Waals surface area contributed by atoms with E-state index in [0.717, 1.165) is 11.1 Å². The Labute approximate surface area is 178 Å². The Balaban J connectivity index is 2.05. The van der Waals surface area contributed by atoms with E-state index in [-0.39, 0.29) is 23.3 Å². The van der Waals surface area contributed by atoms with Gasteiger partial charge >= 0.3 is 0 Å². The van der Waals surface area contributed by atoms with E-state index < -0.39 is 15.6 Å².